The van der Waals surface area contributed by atoms with Crippen LogP contribution in [0, 0.1) is 10.1 Å². The van der Waals surface area contributed by atoms with Gasteiger partial charge in [-0.05, 0) is 62.4 Å². The lowest BCUT2D eigenvalue weighted by Gasteiger charge is -1.99. The Kier molecular flexibility index (Phi) is 6.11. The molecule has 0 saturated carbocycles. The van der Waals surface area contributed by atoms with E-state index in [1.54, 1.807) is 13.8 Å². The molecule has 5 rings (SSSR count). The minimum Gasteiger partial charge on any atom is -0.404 e. The number of benzene rings is 3. The summed E-state index contributed by atoms with van der Waals surface area (Å²) in [6.45, 7) is 3.13. The third-order valence-electron chi connectivity index (χ3n) is 5.58. The van der Waals surface area contributed by atoms with E-state index in [0.29, 0.717) is 16.7 Å². The zero-order valence-corrected chi connectivity index (χ0v) is 19.2. The molecule has 2 heterocycles. The minimum absolute atomic E-state index is 0.00578. The number of ketones is 2. The highest BCUT2D eigenvalue weighted by Crippen LogP contribution is 2.30. The predicted molar refractivity (Wildman–Crippen MR) is 131 cm³/mol. The monoisotopic (exact) mass is 471 g/mol. The van der Waals surface area contributed by atoms with Crippen molar-refractivity contribution in [3.63, 3.8) is 0 Å². The van der Waals surface area contributed by atoms with Gasteiger partial charge >= 0.3 is 6.01 Å². The van der Waals surface area contributed by atoms with Gasteiger partial charge in [-0.2, -0.15) is 0 Å². The highest BCUT2D eigenvalue weighted by atomic mass is 16.6. The number of nitrogen functional groups attached to an aromatic ring is 1. The number of aryl methyl sites for hydroxylation is 1. The zero-order valence-electron chi connectivity index (χ0n) is 19.2. The van der Waals surface area contributed by atoms with Gasteiger partial charge in [0.15, 0.2) is 11.6 Å². The number of hydrogen-bond acceptors (Lipinski definition) is 8. The van der Waals surface area contributed by atoms with Gasteiger partial charge in [0.2, 0.25) is 5.89 Å². The van der Waals surface area contributed by atoms with Crippen LogP contribution in [0.1, 0.15) is 34.6 Å². The molecule has 35 heavy (non-hydrogen) atoms. The average Bonchev–Trinajstić information content (AvgIpc) is 3.40. The van der Waals surface area contributed by atoms with Crippen LogP contribution in [-0.2, 0) is 7.05 Å². The van der Waals surface area contributed by atoms with Gasteiger partial charge in [0, 0.05) is 57.7 Å². The molecule has 0 fully saturated rings. The molecular formula is C25H21N5O5. The molecule has 176 valence electrons. The van der Waals surface area contributed by atoms with E-state index in [1.807, 2.05) is 43.4 Å². The Hall–Kier alpha value is -4.86. The van der Waals surface area contributed by atoms with E-state index in [4.69, 9.17) is 10.2 Å². The summed E-state index contributed by atoms with van der Waals surface area (Å²) in [5.41, 5.74) is 9.35. The number of anilines is 1. The maximum Gasteiger partial charge on any atom is 0.313 e. The van der Waals surface area contributed by atoms with Crippen molar-refractivity contribution in [1.29, 1.82) is 0 Å². The maximum absolute atomic E-state index is 11.5. The van der Waals surface area contributed by atoms with Gasteiger partial charge in [-0.3, -0.25) is 19.7 Å². The number of nitro groups is 1. The summed E-state index contributed by atoms with van der Waals surface area (Å²) in [7, 11) is 1.99. The van der Waals surface area contributed by atoms with Crippen LogP contribution in [0.5, 0.6) is 0 Å². The van der Waals surface area contributed by atoms with Gasteiger partial charge in [0.05, 0.1) is 4.92 Å². The first-order valence-electron chi connectivity index (χ1n) is 10.5. The van der Waals surface area contributed by atoms with Crippen LogP contribution in [0.3, 0.4) is 0 Å². The molecule has 10 heteroatoms. The van der Waals surface area contributed by atoms with Crippen molar-refractivity contribution in [3.8, 4) is 11.5 Å². The third kappa shape index (κ3) is 4.62. The van der Waals surface area contributed by atoms with Crippen LogP contribution in [0.4, 0.5) is 11.7 Å². The van der Waals surface area contributed by atoms with Crippen molar-refractivity contribution in [2.24, 2.45) is 7.05 Å². The molecule has 0 aliphatic heterocycles. The van der Waals surface area contributed by atoms with Crippen molar-refractivity contribution in [1.82, 2.24) is 14.8 Å². The second-order valence-electron chi connectivity index (χ2n) is 7.88. The molecule has 2 N–H and O–H groups in total. The number of nitrogens with zero attached hydrogens (tertiary/aromatic N) is 4. The van der Waals surface area contributed by atoms with E-state index in [9.17, 15) is 19.7 Å². The lowest BCUT2D eigenvalue weighted by molar-refractivity contribution is -0.384. The molecule has 0 unspecified atom stereocenters. The fraction of sp³-hybridized carbons (Fsp3) is 0.120. The summed E-state index contributed by atoms with van der Waals surface area (Å²) in [5, 5.41) is 19.5. The molecular weight excluding hydrogens is 450 g/mol. The summed E-state index contributed by atoms with van der Waals surface area (Å²) in [6, 6.07) is 17.1. The number of fused-ring (bicyclic) bond motifs is 3. The number of nitrogens with two attached hydrogens (primary N) is 1. The van der Waals surface area contributed by atoms with Crippen LogP contribution in [0.25, 0.3) is 33.3 Å². The molecule has 0 saturated heterocycles. The first-order chi connectivity index (χ1) is 16.7. The number of hydrogen-bond donors (Lipinski definition) is 1. The Morgan fingerprint density at radius 1 is 0.886 bits per heavy atom. The Balaban J connectivity index is 0.000000172. The van der Waals surface area contributed by atoms with Crippen molar-refractivity contribution in [2.75, 3.05) is 5.73 Å². The molecule has 0 radical (unpaired) electrons. The van der Waals surface area contributed by atoms with Gasteiger partial charge in [0.1, 0.15) is 0 Å². The zero-order chi connectivity index (χ0) is 25.3. The van der Waals surface area contributed by atoms with Crippen LogP contribution in [0.15, 0.2) is 65.1 Å². The molecule has 0 atom stereocenters. The molecule has 0 aliphatic carbocycles. The van der Waals surface area contributed by atoms with E-state index in [-0.39, 0.29) is 29.2 Å². The Labute approximate surface area is 199 Å². The van der Waals surface area contributed by atoms with Gasteiger partial charge in [-0.15, -0.1) is 5.10 Å². The number of Topliss-reactive ketones (excluding diaryl/α,β-unsaturated/α-hetero) is 2. The number of rotatable bonds is 4. The second kappa shape index (κ2) is 9.18. The molecule has 5 aromatic rings. The molecule has 0 aliphatic rings. The van der Waals surface area contributed by atoms with Crippen molar-refractivity contribution >= 4 is 45.1 Å². The quantitative estimate of drug-likeness (QED) is 0.220. The second-order valence-corrected chi connectivity index (χ2v) is 7.88. The molecule has 0 bridgehead atoms. The Morgan fingerprint density at radius 2 is 1.40 bits per heavy atom. The Morgan fingerprint density at radius 3 is 1.80 bits per heavy atom. The molecule has 2 aromatic heterocycles. The standard InChI is InChI=1S/C17H15NO2.C8H6N4O3/c1-10(19)12-4-6-16-14(8-12)15-9-13(11(2)20)5-7-17(15)18(16)3;9-8-11-10-7(15-8)5-1-3-6(4-2-5)12(13)14/h4-9H,1-3H3;1-4H,(H2,9,11). The summed E-state index contributed by atoms with van der Waals surface area (Å²) in [6.07, 6.45) is 0. The van der Waals surface area contributed by atoms with E-state index in [2.05, 4.69) is 14.8 Å². The predicted octanol–water partition coefficient (Wildman–Crippen LogP) is 4.96. The molecule has 3 aromatic carbocycles. The van der Waals surface area contributed by atoms with Crippen molar-refractivity contribution < 1.29 is 18.9 Å². The van der Waals surface area contributed by atoms with Gasteiger partial charge in [-0.1, -0.05) is 5.10 Å². The van der Waals surface area contributed by atoms with Gasteiger partial charge < -0.3 is 14.7 Å². The van der Waals surface area contributed by atoms with Crippen LogP contribution >= 0.6 is 0 Å². The summed E-state index contributed by atoms with van der Waals surface area (Å²) >= 11 is 0. The van der Waals surface area contributed by atoms with Gasteiger partial charge in [-0.25, -0.2) is 0 Å². The molecule has 0 spiro atoms. The topological polar surface area (TPSA) is 147 Å². The van der Waals surface area contributed by atoms with E-state index in [1.165, 1.54) is 24.3 Å². The maximum atomic E-state index is 11.5. The van der Waals surface area contributed by atoms with E-state index in [0.717, 1.165) is 21.8 Å². The van der Waals surface area contributed by atoms with Gasteiger partial charge in [0.25, 0.3) is 5.69 Å². The smallest absolute Gasteiger partial charge is 0.313 e. The number of non-ortho nitro benzene ring substituents is 1. The average molecular weight is 471 g/mol. The summed E-state index contributed by atoms with van der Waals surface area (Å²) in [5.74, 6) is 0.334. The molecule has 0 amide bonds. The SMILES string of the molecule is CC(=O)c1ccc2c(c1)c1cc(C(C)=O)ccc1n2C.Nc1nnc(-c2ccc([N+](=O)[O-])cc2)o1. The first kappa shape index (κ1) is 23.3. The van der Waals surface area contributed by atoms with Crippen LogP contribution in [-0.4, -0.2) is 31.3 Å². The minimum atomic E-state index is -0.480. The third-order valence-corrected chi connectivity index (χ3v) is 5.58. The highest BCUT2D eigenvalue weighted by Gasteiger charge is 2.12. The summed E-state index contributed by atoms with van der Waals surface area (Å²) in [4.78, 5) is 33.0. The van der Waals surface area contributed by atoms with E-state index < -0.39 is 4.92 Å². The highest BCUT2D eigenvalue weighted by molar-refractivity contribution is 6.12. The normalized spacial score (nSPS) is 10.7. The van der Waals surface area contributed by atoms with E-state index >= 15 is 0 Å². The lowest BCUT2D eigenvalue weighted by Crippen LogP contribution is -1.92. The molecule has 10 nitrogen and oxygen atoms in total. The number of nitro benzene ring substituents is 1. The first-order valence-corrected chi connectivity index (χ1v) is 10.5. The fourth-order valence-electron chi connectivity index (χ4n) is 3.73. The number of carbonyl (C=O) groups is 2. The number of carbonyl (C=O) groups excluding carboxylic acids is 2. The van der Waals surface area contributed by atoms with Crippen molar-refractivity contribution in [2.45, 2.75) is 13.8 Å². The largest absolute Gasteiger partial charge is 0.404 e. The van der Waals surface area contributed by atoms with Crippen molar-refractivity contribution in [3.05, 3.63) is 81.9 Å². The Bertz CT molecular complexity index is 1530. The number of aromatic nitrogens is 3. The van der Waals surface area contributed by atoms with Crippen LogP contribution in [0.2, 0.25) is 0 Å². The fourth-order valence-corrected chi connectivity index (χ4v) is 3.73. The lowest BCUT2D eigenvalue weighted by atomic mass is 10.0. The summed E-state index contributed by atoms with van der Waals surface area (Å²) < 4.78 is 7.04. The van der Waals surface area contributed by atoms with Crippen LogP contribution < -0.4 is 5.73 Å².